The molecule has 7 heteroatoms. The molecule has 5 aromatic rings. The third kappa shape index (κ3) is 5.27. The fourth-order valence-corrected chi connectivity index (χ4v) is 4.05. The monoisotopic (exact) mass is 500 g/mol. The van der Waals surface area contributed by atoms with Crippen molar-refractivity contribution < 1.29 is 14.4 Å². The molecule has 0 spiro atoms. The average molecular weight is 501 g/mol. The van der Waals surface area contributed by atoms with Crippen LogP contribution in [0.25, 0.3) is 11.3 Å². The molecule has 0 atom stereocenters. The third-order valence-electron chi connectivity index (χ3n) is 6.05. The summed E-state index contributed by atoms with van der Waals surface area (Å²) >= 11 is 0. The smallest absolute Gasteiger partial charge is 0.256 e. The zero-order valence-corrected chi connectivity index (χ0v) is 20.6. The fourth-order valence-electron chi connectivity index (χ4n) is 4.05. The molecule has 1 aromatic heterocycles. The third-order valence-corrected chi connectivity index (χ3v) is 6.05. The van der Waals surface area contributed by atoms with Gasteiger partial charge in [-0.2, -0.15) is 5.10 Å². The Morgan fingerprint density at radius 2 is 1.21 bits per heavy atom. The van der Waals surface area contributed by atoms with Gasteiger partial charge in [-0.15, -0.1) is 0 Å². The summed E-state index contributed by atoms with van der Waals surface area (Å²) in [4.78, 5) is 38.6. The summed E-state index contributed by atoms with van der Waals surface area (Å²) < 4.78 is 1.60. The van der Waals surface area contributed by atoms with Gasteiger partial charge in [-0.05, 0) is 30.3 Å². The fraction of sp³-hybridized carbons (Fsp3) is 0.0323. The molecule has 4 aromatic carbocycles. The quantitative estimate of drug-likeness (QED) is 0.275. The molecule has 5 rings (SSSR count). The number of nitrogens with one attached hydrogen (secondary N) is 2. The van der Waals surface area contributed by atoms with Crippen molar-refractivity contribution in [2.24, 2.45) is 7.05 Å². The van der Waals surface area contributed by atoms with Crippen molar-refractivity contribution in [3.8, 4) is 11.3 Å². The van der Waals surface area contributed by atoms with E-state index in [1.54, 1.807) is 90.6 Å². The number of ketones is 1. The Hall–Kier alpha value is -5.30. The highest BCUT2D eigenvalue weighted by Gasteiger charge is 2.18. The molecular formula is C31H24N4O3. The molecule has 0 aliphatic heterocycles. The highest BCUT2D eigenvalue weighted by molar-refractivity contribution is 6.17. The van der Waals surface area contributed by atoms with Crippen LogP contribution in [0.1, 0.15) is 36.6 Å². The first-order valence-electron chi connectivity index (χ1n) is 12.0. The van der Waals surface area contributed by atoms with Crippen LogP contribution in [0.3, 0.4) is 0 Å². The van der Waals surface area contributed by atoms with Gasteiger partial charge in [0.25, 0.3) is 11.8 Å². The molecule has 0 saturated heterocycles. The molecule has 0 saturated carbocycles. The van der Waals surface area contributed by atoms with E-state index in [1.807, 2.05) is 36.4 Å². The topological polar surface area (TPSA) is 93.1 Å². The predicted octanol–water partition coefficient (Wildman–Crippen LogP) is 5.82. The number of carbonyl (C=O) groups excluding carboxylic acids is 3. The van der Waals surface area contributed by atoms with Crippen LogP contribution >= 0.6 is 0 Å². The van der Waals surface area contributed by atoms with Crippen LogP contribution in [0.15, 0.2) is 115 Å². The highest BCUT2D eigenvalue weighted by Crippen LogP contribution is 2.24. The summed E-state index contributed by atoms with van der Waals surface area (Å²) in [5, 5.41) is 10.2. The molecule has 7 nitrogen and oxygen atoms in total. The van der Waals surface area contributed by atoms with Crippen LogP contribution in [-0.2, 0) is 7.05 Å². The van der Waals surface area contributed by atoms with Gasteiger partial charge in [0.2, 0.25) is 0 Å². The van der Waals surface area contributed by atoms with E-state index in [0.717, 1.165) is 5.56 Å². The van der Waals surface area contributed by atoms with E-state index < -0.39 is 0 Å². The summed E-state index contributed by atoms with van der Waals surface area (Å²) in [6, 6.07) is 33.6. The minimum Gasteiger partial charge on any atom is -0.322 e. The van der Waals surface area contributed by atoms with Gasteiger partial charge in [0.05, 0.1) is 11.3 Å². The van der Waals surface area contributed by atoms with Crippen LogP contribution < -0.4 is 10.6 Å². The van der Waals surface area contributed by atoms with Gasteiger partial charge in [0, 0.05) is 41.1 Å². The Bertz CT molecular complexity index is 1610. The predicted molar refractivity (Wildman–Crippen MR) is 147 cm³/mol. The second kappa shape index (κ2) is 10.8. The minimum absolute atomic E-state index is 0.211. The number of anilines is 2. The molecule has 0 fully saturated rings. The normalized spacial score (nSPS) is 10.6. The van der Waals surface area contributed by atoms with Crippen LogP contribution in [0, 0.1) is 0 Å². The number of amides is 2. The van der Waals surface area contributed by atoms with Crippen LogP contribution in [0.5, 0.6) is 0 Å². The standard InChI is InChI=1S/C31H24N4O3/c1-35-28(33-30(37)23-12-6-3-7-13-23)20-27(34-35)21-16-18-24(19-17-21)32-31(38)26-15-9-8-14-25(26)29(36)22-10-4-2-5-11-22/h2-20H,1H3,(H,32,38)(H,33,37). The van der Waals surface area contributed by atoms with E-state index in [0.29, 0.717) is 39.5 Å². The molecule has 0 radical (unpaired) electrons. The van der Waals surface area contributed by atoms with Gasteiger partial charge >= 0.3 is 0 Å². The number of hydrogen-bond acceptors (Lipinski definition) is 4. The maximum atomic E-state index is 13.1. The molecule has 38 heavy (non-hydrogen) atoms. The van der Waals surface area contributed by atoms with Crippen molar-refractivity contribution >= 4 is 29.1 Å². The Morgan fingerprint density at radius 3 is 1.87 bits per heavy atom. The maximum absolute atomic E-state index is 13.1. The van der Waals surface area contributed by atoms with Gasteiger partial charge in [0.1, 0.15) is 5.82 Å². The number of rotatable bonds is 7. The van der Waals surface area contributed by atoms with Crippen LogP contribution in [0.2, 0.25) is 0 Å². The van der Waals surface area contributed by atoms with Crippen molar-refractivity contribution in [2.75, 3.05) is 10.6 Å². The molecular weight excluding hydrogens is 476 g/mol. The molecule has 2 amide bonds. The first-order chi connectivity index (χ1) is 18.5. The average Bonchev–Trinajstić information content (AvgIpc) is 3.33. The maximum Gasteiger partial charge on any atom is 0.256 e. The lowest BCUT2D eigenvalue weighted by Crippen LogP contribution is -2.16. The van der Waals surface area contributed by atoms with E-state index in [9.17, 15) is 14.4 Å². The van der Waals surface area contributed by atoms with Gasteiger partial charge in [-0.3, -0.25) is 19.1 Å². The SMILES string of the molecule is Cn1nc(-c2ccc(NC(=O)c3ccccc3C(=O)c3ccccc3)cc2)cc1NC(=O)c1ccccc1. The lowest BCUT2D eigenvalue weighted by molar-refractivity contribution is 0.0996. The van der Waals surface area contributed by atoms with Crippen LogP contribution in [0.4, 0.5) is 11.5 Å². The first-order valence-corrected chi connectivity index (χ1v) is 12.0. The second-order valence-electron chi connectivity index (χ2n) is 8.63. The summed E-state index contributed by atoms with van der Waals surface area (Å²) in [7, 11) is 1.76. The van der Waals surface area contributed by atoms with Gasteiger partial charge in [-0.25, -0.2) is 0 Å². The van der Waals surface area contributed by atoms with E-state index in [4.69, 9.17) is 0 Å². The Labute approximate surface area is 219 Å². The van der Waals surface area contributed by atoms with Crippen molar-refractivity contribution in [3.63, 3.8) is 0 Å². The summed E-state index contributed by atoms with van der Waals surface area (Å²) in [6.45, 7) is 0. The highest BCUT2D eigenvalue weighted by atomic mass is 16.2. The molecule has 2 N–H and O–H groups in total. The van der Waals surface area contributed by atoms with E-state index in [2.05, 4.69) is 15.7 Å². The van der Waals surface area contributed by atoms with Crippen molar-refractivity contribution in [1.82, 2.24) is 9.78 Å². The van der Waals surface area contributed by atoms with Gasteiger partial charge in [0.15, 0.2) is 5.78 Å². The van der Waals surface area contributed by atoms with Crippen molar-refractivity contribution in [2.45, 2.75) is 0 Å². The lowest BCUT2D eigenvalue weighted by atomic mass is 9.98. The first kappa shape index (κ1) is 24.4. The van der Waals surface area contributed by atoms with Crippen molar-refractivity contribution in [3.05, 3.63) is 138 Å². The molecule has 186 valence electrons. The number of benzene rings is 4. The van der Waals surface area contributed by atoms with Gasteiger partial charge in [-0.1, -0.05) is 78.9 Å². The number of aromatic nitrogens is 2. The Balaban J connectivity index is 1.30. The minimum atomic E-state index is -0.374. The van der Waals surface area contributed by atoms with Crippen LogP contribution in [-0.4, -0.2) is 27.4 Å². The molecule has 0 unspecified atom stereocenters. The zero-order chi connectivity index (χ0) is 26.5. The molecule has 0 aliphatic rings. The zero-order valence-electron chi connectivity index (χ0n) is 20.6. The Kier molecular flexibility index (Phi) is 6.91. The van der Waals surface area contributed by atoms with E-state index in [-0.39, 0.29) is 17.6 Å². The van der Waals surface area contributed by atoms with E-state index in [1.165, 1.54) is 0 Å². The molecule has 0 bridgehead atoms. The summed E-state index contributed by atoms with van der Waals surface area (Å²) in [5.74, 6) is -0.242. The number of aryl methyl sites for hydroxylation is 1. The number of hydrogen-bond donors (Lipinski definition) is 2. The lowest BCUT2D eigenvalue weighted by Gasteiger charge is -2.10. The number of carbonyl (C=O) groups is 3. The molecule has 0 aliphatic carbocycles. The largest absolute Gasteiger partial charge is 0.322 e. The molecule has 1 heterocycles. The van der Waals surface area contributed by atoms with E-state index >= 15 is 0 Å². The summed E-state index contributed by atoms with van der Waals surface area (Å²) in [5.41, 5.74) is 3.79. The van der Waals surface area contributed by atoms with Gasteiger partial charge < -0.3 is 10.6 Å². The summed E-state index contributed by atoms with van der Waals surface area (Å²) in [6.07, 6.45) is 0. The van der Waals surface area contributed by atoms with Crippen molar-refractivity contribution in [1.29, 1.82) is 0 Å². The second-order valence-corrected chi connectivity index (χ2v) is 8.63. The number of nitrogens with zero attached hydrogens (tertiary/aromatic N) is 2. The Morgan fingerprint density at radius 1 is 0.632 bits per heavy atom.